The van der Waals surface area contributed by atoms with Gasteiger partial charge in [0.25, 0.3) is 0 Å². The molecule has 0 fully saturated rings. The van der Waals surface area contributed by atoms with E-state index < -0.39 is 0 Å². The zero-order chi connectivity index (χ0) is 39.1. The van der Waals surface area contributed by atoms with Gasteiger partial charge in [-0.05, 0) is 133 Å². The van der Waals surface area contributed by atoms with Gasteiger partial charge >= 0.3 is 0 Å². The fourth-order valence-corrected chi connectivity index (χ4v) is 5.48. The predicted molar refractivity (Wildman–Crippen MR) is 218 cm³/mol. The van der Waals surface area contributed by atoms with Crippen LogP contribution in [0.25, 0.3) is 0 Å². The van der Waals surface area contributed by atoms with Crippen LogP contribution in [-0.4, -0.2) is 16.9 Å². The average molecular weight is 747 g/mol. The summed E-state index contributed by atoms with van der Waals surface area (Å²) < 4.78 is 22.5. The molecule has 0 aliphatic carbocycles. The number of carbonyl (C=O) groups is 2. The minimum atomic E-state index is -0.0542. The van der Waals surface area contributed by atoms with Gasteiger partial charge in [-0.1, -0.05) is 60.7 Å². The molecule has 0 aliphatic rings. The molecular weight excluding hydrogens is 705 g/mol. The number of rotatable bonds is 13. The van der Waals surface area contributed by atoms with Crippen molar-refractivity contribution in [2.45, 2.75) is 33.3 Å². The Balaban J connectivity index is 0.000000194. The van der Waals surface area contributed by atoms with Crippen molar-refractivity contribution >= 4 is 23.2 Å². The van der Waals surface area contributed by atoms with E-state index in [4.69, 9.17) is 18.6 Å². The van der Waals surface area contributed by atoms with Crippen molar-refractivity contribution in [2.75, 3.05) is 10.6 Å². The van der Waals surface area contributed by atoms with Gasteiger partial charge in [0.1, 0.15) is 46.9 Å². The molecule has 1 heterocycles. The van der Waals surface area contributed by atoms with Gasteiger partial charge in [-0.25, -0.2) is 0 Å². The SMILES string of the molecule is Cc1ccccc1NC(=O)Cc1ccc(Oc2ccc(O)cc2)cc1.Cc1ccccc1NC(=O)Cc1ccc(Oc2ccc(OCc3ccco3)cc2)cc1. The molecule has 3 N–H and O–H groups in total. The molecule has 0 radical (unpaired) electrons. The highest BCUT2D eigenvalue weighted by Gasteiger charge is 2.08. The lowest BCUT2D eigenvalue weighted by Gasteiger charge is -2.10. The van der Waals surface area contributed by atoms with E-state index in [-0.39, 0.29) is 17.6 Å². The van der Waals surface area contributed by atoms with Crippen LogP contribution in [0.4, 0.5) is 11.4 Å². The molecule has 9 heteroatoms. The maximum absolute atomic E-state index is 12.3. The number of para-hydroxylation sites is 2. The second-order valence-corrected chi connectivity index (χ2v) is 12.9. The van der Waals surface area contributed by atoms with Crippen LogP contribution in [0.2, 0.25) is 0 Å². The van der Waals surface area contributed by atoms with Gasteiger partial charge in [-0.15, -0.1) is 0 Å². The van der Waals surface area contributed by atoms with Crippen molar-refractivity contribution < 1.29 is 33.3 Å². The maximum Gasteiger partial charge on any atom is 0.228 e. The Hall–Kier alpha value is -7.26. The third kappa shape index (κ3) is 11.9. The molecule has 0 saturated heterocycles. The van der Waals surface area contributed by atoms with Crippen LogP contribution in [-0.2, 0) is 29.0 Å². The van der Waals surface area contributed by atoms with Gasteiger partial charge in [-0.3, -0.25) is 9.59 Å². The molecule has 2 amide bonds. The number of hydrogen-bond acceptors (Lipinski definition) is 7. The average Bonchev–Trinajstić information content (AvgIpc) is 3.73. The number of phenolic OH excluding ortho intramolecular Hbond substituents is 1. The molecule has 0 bridgehead atoms. The normalized spacial score (nSPS) is 10.4. The van der Waals surface area contributed by atoms with E-state index in [0.717, 1.165) is 45.1 Å². The van der Waals surface area contributed by atoms with Crippen LogP contribution in [0.3, 0.4) is 0 Å². The Labute approximate surface area is 326 Å². The van der Waals surface area contributed by atoms with Crippen LogP contribution in [0.5, 0.6) is 34.5 Å². The fraction of sp³-hybridized carbons (Fsp3) is 0.106. The van der Waals surface area contributed by atoms with Gasteiger partial charge < -0.3 is 34.4 Å². The Kier molecular flexibility index (Phi) is 13.2. The third-order valence-electron chi connectivity index (χ3n) is 8.51. The first kappa shape index (κ1) is 38.5. The third-order valence-corrected chi connectivity index (χ3v) is 8.51. The summed E-state index contributed by atoms with van der Waals surface area (Å²) in [7, 11) is 0. The maximum atomic E-state index is 12.3. The van der Waals surface area contributed by atoms with Crippen molar-refractivity contribution in [3.05, 3.63) is 192 Å². The van der Waals surface area contributed by atoms with E-state index >= 15 is 0 Å². The molecule has 0 aliphatic heterocycles. The van der Waals surface area contributed by atoms with Gasteiger partial charge in [-0.2, -0.15) is 0 Å². The Morgan fingerprint density at radius 2 is 0.929 bits per heavy atom. The summed E-state index contributed by atoms with van der Waals surface area (Å²) in [6.45, 7) is 4.32. The number of ether oxygens (including phenoxy) is 3. The first-order valence-electron chi connectivity index (χ1n) is 18.0. The van der Waals surface area contributed by atoms with Crippen molar-refractivity contribution in [3.63, 3.8) is 0 Å². The van der Waals surface area contributed by atoms with Gasteiger partial charge in [0, 0.05) is 11.4 Å². The van der Waals surface area contributed by atoms with Crippen LogP contribution in [0.15, 0.2) is 168 Å². The molecule has 0 spiro atoms. The summed E-state index contributed by atoms with van der Waals surface area (Å²) in [5.41, 5.74) is 5.57. The minimum Gasteiger partial charge on any atom is -0.508 e. The number of carbonyl (C=O) groups excluding carboxylic acids is 2. The molecule has 7 aromatic rings. The molecule has 7 rings (SSSR count). The van der Waals surface area contributed by atoms with Crippen molar-refractivity contribution in [1.29, 1.82) is 0 Å². The number of amides is 2. The van der Waals surface area contributed by atoms with Crippen molar-refractivity contribution in [2.24, 2.45) is 0 Å². The van der Waals surface area contributed by atoms with Gasteiger partial charge in [0.05, 0.1) is 19.1 Å². The number of hydrogen-bond donors (Lipinski definition) is 3. The van der Waals surface area contributed by atoms with Crippen LogP contribution >= 0.6 is 0 Å². The van der Waals surface area contributed by atoms with Crippen molar-refractivity contribution in [1.82, 2.24) is 0 Å². The molecule has 9 nitrogen and oxygen atoms in total. The Morgan fingerprint density at radius 3 is 1.36 bits per heavy atom. The summed E-state index contributed by atoms with van der Waals surface area (Å²) in [5.74, 6) is 4.32. The summed E-state index contributed by atoms with van der Waals surface area (Å²) in [5, 5.41) is 15.1. The molecule has 0 atom stereocenters. The highest BCUT2D eigenvalue weighted by molar-refractivity contribution is 5.93. The molecule has 56 heavy (non-hydrogen) atoms. The molecule has 0 unspecified atom stereocenters. The largest absolute Gasteiger partial charge is 0.508 e. The highest BCUT2D eigenvalue weighted by atomic mass is 16.5. The number of benzene rings is 6. The minimum absolute atomic E-state index is 0.0481. The zero-order valence-corrected chi connectivity index (χ0v) is 31.1. The first-order valence-corrected chi connectivity index (χ1v) is 18.0. The predicted octanol–water partition coefficient (Wildman–Crippen LogP) is 10.8. The lowest BCUT2D eigenvalue weighted by atomic mass is 10.1. The van der Waals surface area contributed by atoms with Crippen LogP contribution < -0.4 is 24.8 Å². The fourth-order valence-electron chi connectivity index (χ4n) is 5.48. The highest BCUT2D eigenvalue weighted by Crippen LogP contribution is 2.26. The van der Waals surface area contributed by atoms with E-state index in [1.54, 1.807) is 30.5 Å². The standard InChI is InChI=1S/C26H23NO4.C21H19NO3/c1-19-5-2-3-7-25(19)27-26(28)17-20-8-10-22(11-9-20)31-23-14-12-21(13-15-23)30-18-24-6-4-16-29-24;1-15-4-2-3-5-20(15)22-21(24)14-16-6-10-18(11-7-16)25-19-12-8-17(23)9-13-19/h2-16H,17-18H2,1H3,(H,27,28);2-13,23H,14H2,1H3,(H,22,24). The number of phenols is 1. The van der Waals surface area contributed by atoms with Gasteiger partial charge in [0.2, 0.25) is 11.8 Å². The smallest absolute Gasteiger partial charge is 0.228 e. The van der Waals surface area contributed by atoms with E-state index in [2.05, 4.69) is 10.6 Å². The molecular formula is C47H42N2O7. The first-order chi connectivity index (χ1) is 27.3. The van der Waals surface area contributed by atoms with E-state index in [1.165, 1.54) is 0 Å². The molecule has 282 valence electrons. The second-order valence-electron chi connectivity index (χ2n) is 12.9. The summed E-state index contributed by atoms with van der Waals surface area (Å²) >= 11 is 0. The number of furan rings is 1. The van der Waals surface area contributed by atoms with Gasteiger partial charge in [0.15, 0.2) is 0 Å². The van der Waals surface area contributed by atoms with Crippen molar-refractivity contribution in [3.8, 4) is 34.5 Å². The van der Waals surface area contributed by atoms with Crippen LogP contribution in [0.1, 0.15) is 28.0 Å². The topological polar surface area (TPSA) is 119 Å². The molecule has 0 saturated carbocycles. The molecule has 6 aromatic carbocycles. The number of anilines is 2. The zero-order valence-electron chi connectivity index (χ0n) is 31.1. The lowest BCUT2D eigenvalue weighted by molar-refractivity contribution is -0.116. The summed E-state index contributed by atoms with van der Waals surface area (Å²) in [6.07, 6.45) is 2.22. The van der Waals surface area contributed by atoms with Crippen LogP contribution in [0, 0.1) is 13.8 Å². The monoisotopic (exact) mass is 746 g/mol. The van der Waals surface area contributed by atoms with E-state index in [0.29, 0.717) is 42.4 Å². The Bertz CT molecular complexity index is 2300. The number of nitrogens with one attached hydrogen (secondary N) is 2. The lowest BCUT2D eigenvalue weighted by Crippen LogP contribution is -2.15. The quantitative estimate of drug-likeness (QED) is 0.107. The molecule has 1 aromatic heterocycles. The summed E-state index contributed by atoms with van der Waals surface area (Å²) in [6, 6.07) is 47.9. The number of aromatic hydroxyl groups is 1. The summed E-state index contributed by atoms with van der Waals surface area (Å²) in [4.78, 5) is 24.5. The number of aryl methyl sites for hydroxylation is 2. The Morgan fingerprint density at radius 1 is 0.518 bits per heavy atom. The van der Waals surface area contributed by atoms with E-state index in [1.807, 2.05) is 147 Å². The van der Waals surface area contributed by atoms with E-state index in [9.17, 15) is 14.7 Å². The second kappa shape index (κ2) is 19.2.